The van der Waals surface area contributed by atoms with Gasteiger partial charge in [0.05, 0.1) is 12.0 Å². The molecule has 0 aromatic heterocycles. The van der Waals surface area contributed by atoms with Gasteiger partial charge in [0, 0.05) is 6.04 Å². The van der Waals surface area contributed by atoms with Gasteiger partial charge >= 0.3 is 6.03 Å². The molecule has 5 nitrogen and oxygen atoms in total. The van der Waals surface area contributed by atoms with E-state index in [4.69, 9.17) is 0 Å². The number of rotatable bonds is 4. The topological polar surface area (TPSA) is 81.3 Å². The van der Waals surface area contributed by atoms with Gasteiger partial charge in [-0.15, -0.1) is 0 Å². The Balaban J connectivity index is 2.47. The molecule has 1 aliphatic rings. The van der Waals surface area contributed by atoms with E-state index in [0.29, 0.717) is 5.92 Å². The van der Waals surface area contributed by atoms with Crippen molar-refractivity contribution in [2.24, 2.45) is 11.8 Å². The van der Waals surface area contributed by atoms with Gasteiger partial charge in [0.15, 0.2) is 0 Å². The number of nitrogens with one attached hydrogen (secondary N) is 2. The summed E-state index contributed by atoms with van der Waals surface area (Å²) in [6.07, 6.45) is 4.39. The largest absolute Gasteiger partial charge is 0.548 e. The summed E-state index contributed by atoms with van der Waals surface area (Å²) in [4.78, 5) is 22.6. The molecule has 18 heavy (non-hydrogen) atoms. The van der Waals surface area contributed by atoms with Crippen LogP contribution in [-0.2, 0) is 4.79 Å². The zero-order valence-electron chi connectivity index (χ0n) is 11.4. The smallest absolute Gasteiger partial charge is 0.315 e. The monoisotopic (exact) mass is 255 g/mol. The Bertz CT molecular complexity index is 305. The highest BCUT2D eigenvalue weighted by Crippen LogP contribution is 2.23. The minimum Gasteiger partial charge on any atom is -0.548 e. The molecule has 0 aliphatic heterocycles. The van der Waals surface area contributed by atoms with Crippen molar-refractivity contribution in [2.75, 3.05) is 0 Å². The van der Waals surface area contributed by atoms with Gasteiger partial charge in [0.1, 0.15) is 0 Å². The molecule has 104 valence electrons. The minimum atomic E-state index is -1.24. The van der Waals surface area contributed by atoms with Crippen LogP contribution in [-0.4, -0.2) is 24.1 Å². The van der Waals surface area contributed by atoms with Gasteiger partial charge in [-0.3, -0.25) is 0 Å². The summed E-state index contributed by atoms with van der Waals surface area (Å²) in [5.74, 6) is -0.980. The molecule has 1 saturated carbocycles. The van der Waals surface area contributed by atoms with Crippen molar-refractivity contribution < 1.29 is 14.7 Å². The number of carbonyl (C=O) groups is 2. The van der Waals surface area contributed by atoms with Crippen LogP contribution in [0, 0.1) is 11.8 Å². The molecule has 3 atom stereocenters. The van der Waals surface area contributed by atoms with E-state index < -0.39 is 18.0 Å². The first-order valence-corrected chi connectivity index (χ1v) is 6.69. The maximum atomic E-state index is 11.8. The van der Waals surface area contributed by atoms with Crippen LogP contribution in [0.25, 0.3) is 0 Å². The third kappa shape index (κ3) is 4.20. The van der Waals surface area contributed by atoms with E-state index in [-0.39, 0.29) is 12.0 Å². The maximum absolute atomic E-state index is 11.8. The third-order valence-electron chi connectivity index (χ3n) is 3.64. The Morgan fingerprint density at radius 1 is 1.22 bits per heavy atom. The fourth-order valence-corrected chi connectivity index (χ4v) is 2.38. The first-order valence-electron chi connectivity index (χ1n) is 6.69. The van der Waals surface area contributed by atoms with E-state index >= 15 is 0 Å². The first-order chi connectivity index (χ1) is 8.41. The van der Waals surface area contributed by atoms with Gasteiger partial charge in [-0.25, -0.2) is 4.79 Å². The van der Waals surface area contributed by atoms with Crippen molar-refractivity contribution in [3.8, 4) is 0 Å². The summed E-state index contributed by atoms with van der Waals surface area (Å²) in [5.41, 5.74) is 0. The van der Waals surface area contributed by atoms with Crippen LogP contribution in [0.15, 0.2) is 0 Å². The molecule has 0 radical (unpaired) electrons. The van der Waals surface area contributed by atoms with Gasteiger partial charge in [0.2, 0.25) is 0 Å². The average Bonchev–Trinajstić information content (AvgIpc) is 2.28. The van der Waals surface area contributed by atoms with Crippen molar-refractivity contribution in [1.82, 2.24) is 10.6 Å². The molecule has 0 saturated heterocycles. The van der Waals surface area contributed by atoms with Crippen molar-refractivity contribution >= 4 is 12.0 Å². The van der Waals surface area contributed by atoms with Gasteiger partial charge in [-0.2, -0.15) is 0 Å². The fraction of sp³-hybridized carbons (Fsp3) is 0.846. The molecule has 0 aromatic rings. The fourth-order valence-electron chi connectivity index (χ4n) is 2.38. The lowest BCUT2D eigenvalue weighted by Gasteiger charge is -2.31. The standard InChI is InChI=1S/C13H24N2O3/c1-8(2)11(12(16)17)15-13(18)14-10-7-5-4-6-9(10)3/h8-11H,4-7H2,1-3H3,(H,16,17)(H2,14,15,18)/p-1/t9-,10-,11-/m0/s1. The Kier molecular flexibility index (Phi) is 5.44. The lowest BCUT2D eigenvalue weighted by molar-refractivity contribution is -0.309. The number of hydrogen-bond acceptors (Lipinski definition) is 3. The molecular formula is C13H23N2O3-. The lowest BCUT2D eigenvalue weighted by atomic mass is 9.86. The van der Waals surface area contributed by atoms with E-state index in [1.807, 2.05) is 0 Å². The summed E-state index contributed by atoms with van der Waals surface area (Å²) in [7, 11) is 0. The summed E-state index contributed by atoms with van der Waals surface area (Å²) < 4.78 is 0. The molecule has 1 fully saturated rings. The van der Waals surface area contributed by atoms with Crippen molar-refractivity contribution in [2.45, 2.75) is 58.5 Å². The number of amides is 2. The Labute approximate surface area is 108 Å². The van der Waals surface area contributed by atoms with E-state index in [1.165, 1.54) is 6.42 Å². The van der Waals surface area contributed by atoms with E-state index in [1.54, 1.807) is 13.8 Å². The van der Waals surface area contributed by atoms with Crippen LogP contribution < -0.4 is 15.7 Å². The normalized spacial score (nSPS) is 25.6. The van der Waals surface area contributed by atoms with Gasteiger partial charge in [-0.1, -0.05) is 33.6 Å². The number of carboxylic acids is 1. The zero-order valence-corrected chi connectivity index (χ0v) is 11.4. The van der Waals surface area contributed by atoms with E-state index in [9.17, 15) is 14.7 Å². The molecule has 2 N–H and O–H groups in total. The van der Waals surface area contributed by atoms with Crippen molar-refractivity contribution in [3.05, 3.63) is 0 Å². The second-order valence-corrected chi connectivity index (χ2v) is 5.53. The van der Waals surface area contributed by atoms with Crippen LogP contribution in [0.5, 0.6) is 0 Å². The van der Waals surface area contributed by atoms with E-state index in [0.717, 1.165) is 19.3 Å². The van der Waals surface area contributed by atoms with Crippen LogP contribution in [0.2, 0.25) is 0 Å². The Hall–Kier alpha value is -1.26. The summed E-state index contributed by atoms with van der Waals surface area (Å²) in [5, 5.41) is 16.2. The Morgan fingerprint density at radius 2 is 1.83 bits per heavy atom. The molecule has 0 bridgehead atoms. The molecular weight excluding hydrogens is 232 g/mol. The molecule has 5 heteroatoms. The Morgan fingerprint density at radius 3 is 2.33 bits per heavy atom. The SMILES string of the molecule is CC(C)[C@H](NC(=O)N[C@H]1CCCC[C@@H]1C)C(=O)[O-]. The second-order valence-electron chi connectivity index (χ2n) is 5.53. The second kappa shape index (κ2) is 6.61. The van der Waals surface area contributed by atoms with Gasteiger partial charge in [-0.05, 0) is 24.7 Å². The highest BCUT2D eigenvalue weighted by Gasteiger charge is 2.24. The zero-order chi connectivity index (χ0) is 13.7. The number of aliphatic carboxylic acids is 1. The summed E-state index contributed by atoms with van der Waals surface area (Å²) in [6.45, 7) is 5.59. The van der Waals surface area contributed by atoms with Gasteiger partial charge in [0.25, 0.3) is 0 Å². The molecule has 0 heterocycles. The van der Waals surface area contributed by atoms with Gasteiger partial charge < -0.3 is 20.5 Å². The minimum absolute atomic E-state index is 0.147. The highest BCUT2D eigenvalue weighted by atomic mass is 16.4. The van der Waals surface area contributed by atoms with Crippen molar-refractivity contribution in [3.63, 3.8) is 0 Å². The highest BCUT2D eigenvalue weighted by molar-refractivity contribution is 5.81. The lowest BCUT2D eigenvalue weighted by Crippen LogP contribution is -2.55. The van der Waals surface area contributed by atoms with Crippen LogP contribution in [0.1, 0.15) is 46.5 Å². The predicted octanol–water partition coefficient (Wildman–Crippen LogP) is 0.639. The molecule has 1 rings (SSSR count). The number of urea groups is 1. The molecule has 0 unspecified atom stereocenters. The first kappa shape index (κ1) is 14.8. The predicted molar refractivity (Wildman–Crippen MR) is 66.7 cm³/mol. The van der Waals surface area contributed by atoms with Crippen LogP contribution >= 0.6 is 0 Å². The van der Waals surface area contributed by atoms with Crippen molar-refractivity contribution in [1.29, 1.82) is 0 Å². The molecule has 0 spiro atoms. The molecule has 1 aliphatic carbocycles. The molecule has 0 aromatic carbocycles. The van der Waals surface area contributed by atoms with E-state index in [2.05, 4.69) is 17.6 Å². The number of carbonyl (C=O) groups excluding carboxylic acids is 2. The summed E-state index contributed by atoms with van der Waals surface area (Å²) >= 11 is 0. The maximum Gasteiger partial charge on any atom is 0.315 e. The quantitative estimate of drug-likeness (QED) is 0.773. The molecule has 2 amide bonds. The average molecular weight is 255 g/mol. The number of carboxylic acid groups (broad SMARTS) is 1. The van der Waals surface area contributed by atoms with Crippen LogP contribution in [0.3, 0.4) is 0 Å². The number of hydrogen-bond donors (Lipinski definition) is 2. The van der Waals surface area contributed by atoms with Crippen LogP contribution in [0.4, 0.5) is 4.79 Å². The summed E-state index contributed by atoms with van der Waals surface area (Å²) in [6, 6.07) is -1.20. The third-order valence-corrected chi connectivity index (χ3v) is 3.64.